The van der Waals surface area contributed by atoms with Gasteiger partial charge in [-0.3, -0.25) is 0 Å². The summed E-state index contributed by atoms with van der Waals surface area (Å²) in [6.07, 6.45) is 6.26. The summed E-state index contributed by atoms with van der Waals surface area (Å²) in [5, 5.41) is 3.72. The molecule has 21 heavy (non-hydrogen) atoms. The van der Waals surface area contributed by atoms with Crippen molar-refractivity contribution in [3.8, 4) is 5.75 Å². The maximum atomic E-state index is 5.19. The largest absolute Gasteiger partial charge is 0.497 e. The number of aryl methyl sites for hydroxylation is 1. The Bertz CT molecular complexity index is 372. The van der Waals surface area contributed by atoms with Crippen molar-refractivity contribution in [2.24, 2.45) is 5.92 Å². The maximum absolute atomic E-state index is 5.19. The monoisotopic (exact) mass is 291 g/mol. The first-order valence-corrected chi connectivity index (χ1v) is 8.40. The molecular formula is C19H33NO. The van der Waals surface area contributed by atoms with Gasteiger partial charge in [-0.15, -0.1) is 0 Å². The van der Waals surface area contributed by atoms with Crippen LogP contribution in [0.5, 0.6) is 5.75 Å². The van der Waals surface area contributed by atoms with Gasteiger partial charge in [-0.05, 0) is 56.7 Å². The summed E-state index contributed by atoms with van der Waals surface area (Å²) in [5.41, 5.74) is 1.39. The van der Waals surface area contributed by atoms with E-state index in [2.05, 4.69) is 45.1 Å². The number of benzene rings is 1. The maximum Gasteiger partial charge on any atom is 0.118 e. The van der Waals surface area contributed by atoms with E-state index in [4.69, 9.17) is 4.74 Å². The third-order valence-electron chi connectivity index (χ3n) is 4.01. The molecule has 0 aromatic heterocycles. The molecule has 2 unspecified atom stereocenters. The Morgan fingerprint density at radius 2 is 1.52 bits per heavy atom. The fourth-order valence-electron chi connectivity index (χ4n) is 2.66. The van der Waals surface area contributed by atoms with Gasteiger partial charge in [0, 0.05) is 12.1 Å². The van der Waals surface area contributed by atoms with E-state index in [0.717, 1.165) is 18.1 Å². The van der Waals surface area contributed by atoms with E-state index in [1.54, 1.807) is 7.11 Å². The van der Waals surface area contributed by atoms with Gasteiger partial charge in [0.25, 0.3) is 0 Å². The van der Waals surface area contributed by atoms with Crippen molar-refractivity contribution >= 4 is 0 Å². The molecule has 0 heterocycles. The summed E-state index contributed by atoms with van der Waals surface area (Å²) < 4.78 is 5.19. The lowest BCUT2D eigenvalue weighted by Gasteiger charge is -2.20. The number of ether oxygens (including phenoxy) is 1. The van der Waals surface area contributed by atoms with Crippen molar-refractivity contribution in [3.05, 3.63) is 29.8 Å². The SMILES string of the molecule is COc1ccc(CCC(C)NC(C)CCCC(C)C)cc1. The van der Waals surface area contributed by atoms with E-state index < -0.39 is 0 Å². The molecule has 0 spiro atoms. The van der Waals surface area contributed by atoms with Gasteiger partial charge in [0.2, 0.25) is 0 Å². The molecule has 1 aromatic rings. The Morgan fingerprint density at radius 3 is 2.10 bits per heavy atom. The third kappa shape index (κ3) is 8.11. The van der Waals surface area contributed by atoms with Crippen molar-refractivity contribution in [2.75, 3.05) is 7.11 Å². The Morgan fingerprint density at radius 1 is 0.905 bits per heavy atom. The minimum atomic E-state index is 0.571. The van der Waals surface area contributed by atoms with Crippen LogP contribution in [0.25, 0.3) is 0 Å². The second-order valence-corrected chi connectivity index (χ2v) is 6.68. The lowest BCUT2D eigenvalue weighted by atomic mass is 10.0. The molecule has 2 nitrogen and oxygen atoms in total. The van der Waals surface area contributed by atoms with E-state index in [9.17, 15) is 0 Å². The molecule has 0 fully saturated rings. The van der Waals surface area contributed by atoms with Crippen molar-refractivity contribution in [1.29, 1.82) is 0 Å². The van der Waals surface area contributed by atoms with Gasteiger partial charge < -0.3 is 10.1 Å². The van der Waals surface area contributed by atoms with Gasteiger partial charge >= 0.3 is 0 Å². The number of nitrogens with one attached hydrogen (secondary N) is 1. The zero-order chi connectivity index (χ0) is 15.7. The molecule has 1 N–H and O–H groups in total. The Hall–Kier alpha value is -1.02. The molecule has 120 valence electrons. The molecule has 2 atom stereocenters. The number of rotatable bonds is 10. The first-order valence-electron chi connectivity index (χ1n) is 8.40. The van der Waals surface area contributed by atoms with Gasteiger partial charge in [0.05, 0.1) is 7.11 Å². The van der Waals surface area contributed by atoms with Crippen LogP contribution >= 0.6 is 0 Å². The standard InChI is InChI=1S/C19H33NO/c1-15(2)7-6-8-16(3)20-17(4)9-10-18-11-13-19(21-5)14-12-18/h11-17,20H,6-10H2,1-5H3. The lowest BCUT2D eigenvalue weighted by molar-refractivity contribution is 0.405. The predicted molar refractivity (Wildman–Crippen MR) is 92.1 cm³/mol. The quantitative estimate of drug-likeness (QED) is 0.667. The molecule has 1 rings (SSSR count). The molecule has 0 saturated heterocycles. The van der Waals surface area contributed by atoms with Crippen LogP contribution in [-0.4, -0.2) is 19.2 Å². The zero-order valence-corrected chi connectivity index (χ0v) is 14.5. The molecule has 0 saturated carbocycles. The summed E-state index contributed by atoms with van der Waals surface area (Å²) in [4.78, 5) is 0. The highest BCUT2D eigenvalue weighted by Crippen LogP contribution is 2.14. The first kappa shape index (κ1) is 18.0. The highest BCUT2D eigenvalue weighted by molar-refractivity contribution is 5.27. The summed E-state index contributed by atoms with van der Waals surface area (Å²) in [6, 6.07) is 9.61. The highest BCUT2D eigenvalue weighted by Gasteiger charge is 2.08. The van der Waals surface area contributed by atoms with Crippen LogP contribution in [0.1, 0.15) is 58.9 Å². The van der Waals surface area contributed by atoms with Gasteiger partial charge in [-0.1, -0.05) is 38.8 Å². The van der Waals surface area contributed by atoms with Gasteiger partial charge in [0.1, 0.15) is 5.75 Å². The molecule has 0 amide bonds. The molecule has 0 aliphatic carbocycles. The highest BCUT2D eigenvalue weighted by atomic mass is 16.5. The minimum absolute atomic E-state index is 0.571. The fourth-order valence-corrected chi connectivity index (χ4v) is 2.66. The van der Waals surface area contributed by atoms with E-state index in [0.29, 0.717) is 12.1 Å². The third-order valence-corrected chi connectivity index (χ3v) is 4.01. The molecular weight excluding hydrogens is 258 g/mol. The van der Waals surface area contributed by atoms with E-state index >= 15 is 0 Å². The first-order chi connectivity index (χ1) is 10.0. The lowest BCUT2D eigenvalue weighted by Crippen LogP contribution is -2.34. The Balaban J connectivity index is 2.21. The molecule has 2 heteroatoms. The van der Waals surface area contributed by atoms with E-state index in [1.165, 1.54) is 31.2 Å². The number of hydrogen-bond acceptors (Lipinski definition) is 2. The van der Waals surface area contributed by atoms with Gasteiger partial charge in [0.15, 0.2) is 0 Å². The summed E-state index contributed by atoms with van der Waals surface area (Å²) in [7, 11) is 1.71. The average molecular weight is 291 g/mol. The smallest absolute Gasteiger partial charge is 0.118 e. The van der Waals surface area contributed by atoms with Crippen LogP contribution in [-0.2, 0) is 6.42 Å². The normalized spacial score (nSPS) is 14.2. The van der Waals surface area contributed by atoms with Gasteiger partial charge in [-0.25, -0.2) is 0 Å². The van der Waals surface area contributed by atoms with Crippen molar-refractivity contribution in [1.82, 2.24) is 5.32 Å². The number of methoxy groups -OCH3 is 1. The zero-order valence-electron chi connectivity index (χ0n) is 14.5. The minimum Gasteiger partial charge on any atom is -0.497 e. The van der Waals surface area contributed by atoms with E-state index in [1.807, 2.05) is 12.1 Å². The van der Waals surface area contributed by atoms with Gasteiger partial charge in [-0.2, -0.15) is 0 Å². The number of hydrogen-bond donors (Lipinski definition) is 1. The molecule has 0 aliphatic rings. The fraction of sp³-hybridized carbons (Fsp3) is 0.684. The Kier molecular flexibility index (Phi) is 8.44. The summed E-state index contributed by atoms with van der Waals surface area (Å²) >= 11 is 0. The second-order valence-electron chi connectivity index (χ2n) is 6.68. The molecule has 1 aromatic carbocycles. The van der Waals surface area contributed by atoms with Crippen LogP contribution in [0.4, 0.5) is 0 Å². The van der Waals surface area contributed by atoms with Crippen LogP contribution in [0.3, 0.4) is 0 Å². The summed E-state index contributed by atoms with van der Waals surface area (Å²) in [6.45, 7) is 9.21. The van der Waals surface area contributed by atoms with Crippen LogP contribution in [0.2, 0.25) is 0 Å². The second kappa shape index (κ2) is 9.83. The van der Waals surface area contributed by atoms with Crippen LogP contribution < -0.4 is 10.1 Å². The molecule has 0 radical (unpaired) electrons. The predicted octanol–water partition coefficient (Wildman–Crippen LogP) is 4.82. The topological polar surface area (TPSA) is 21.3 Å². The summed E-state index contributed by atoms with van der Waals surface area (Å²) in [5.74, 6) is 1.76. The molecule has 0 bridgehead atoms. The van der Waals surface area contributed by atoms with Crippen LogP contribution in [0, 0.1) is 5.92 Å². The van der Waals surface area contributed by atoms with Crippen molar-refractivity contribution < 1.29 is 4.74 Å². The van der Waals surface area contributed by atoms with Crippen LogP contribution in [0.15, 0.2) is 24.3 Å². The van der Waals surface area contributed by atoms with E-state index in [-0.39, 0.29) is 0 Å². The average Bonchev–Trinajstić information content (AvgIpc) is 2.45. The van der Waals surface area contributed by atoms with Crippen molar-refractivity contribution in [3.63, 3.8) is 0 Å². The molecule has 0 aliphatic heterocycles. The Labute approximate surface area is 131 Å². The van der Waals surface area contributed by atoms with Crippen molar-refractivity contribution in [2.45, 2.75) is 71.9 Å².